The first-order valence-corrected chi connectivity index (χ1v) is 13.8. The second-order valence-electron chi connectivity index (χ2n) is 8.84. The van der Waals surface area contributed by atoms with Gasteiger partial charge in [0.1, 0.15) is 6.04 Å². The molecule has 1 aliphatic heterocycles. The Kier molecular flexibility index (Phi) is 13.8. The van der Waals surface area contributed by atoms with E-state index in [9.17, 15) is 33.6 Å². The number of benzene rings is 2. The Bertz CT molecular complexity index is 1340. The molecule has 3 rings (SSSR count). The zero-order valence-electron chi connectivity index (χ0n) is 24.3. The summed E-state index contributed by atoms with van der Waals surface area (Å²) >= 11 is 0. The maximum Gasteiger partial charge on any atom is 0.258 e. The summed E-state index contributed by atoms with van der Waals surface area (Å²) in [5.41, 5.74) is 1.10. The van der Waals surface area contributed by atoms with Gasteiger partial charge in [-0.05, 0) is 30.7 Å². The van der Waals surface area contributed by atoms with E-state index in [-0.39, 0.29) is 30.1 Å². The van der Waals surface area contributed by atoms with Crippen molar-refractivity contribution in [1.29, 1.82) is 0 Å². The summed E-state index contributed by atoms with van der Waals surface area (Å²) in [5, 5.41) is 12.4. The molecule has 1 heterocycles. The number of nitrogens with zero attached hydrogens (tertiary/aromatic N) is 1. The molecule has 2 aromatic carbocycles. The first kappa shape index (κ1) is 33.9. The van der Waals surface area contributed by atoms with E-state index in [0.717, 1.165) is 22.6 Å². The monoisotopic (exact) mass is 592 g/mol. The van der Waals surface area contributed by atoms with Crippen LogP contribution >= 0.6 is 0 Å². The molecule has 1 atom stereocenters. The summed E-state index contributed by atoms with van der Waals surface area (Å²) in [6.45, 7) is 4.97. The lowest BCUT2D eigenvalue weighted by atomic mass is 10.1. The van der Waals surface area contributed by atoms with Gasteiger partial charge in [0.05, 0.1) is 25.3 Å². The molecule has 0 aliphatic carbocycles. The number of hydrogen-bond donors (Lipinski definition) is 5. The number of carbonyl (C=O) groups excluding carboxylic acids is 7. The highest BCUT2D eigenvalue weighted by Gasteiger charge is 2.26. The second kappa shape index (κ2) is 17.5. The van der Waals surface area contributed by atoms with Gasteiger partial charge in [-0.2, -0.15) is 0 Å². The Balaban J connectivity index is 0.00000316. The van der Waals surface area contributed by atoms with E-state index < -0.39 is 54.6 Å². The Hall–Kier alpha value is -5.33. The average molecular weight is 593 g/mol. The SMILES string of the molecule is CC.CCNC(=O)CNC(=O)C(Cc1ccccc1)NC(=O)CNC(=O)CNC(=O)c1cccc(N2C(=O)C=CC2=O)c1. The third-order valence-corrected chi connectivity index (χ3v) is 5.76. The Morgan fingerprint density at radius 1 is 0.721 bits per heavy atom. The number of rotatable bonds is 13. The van der Waals surface area contributed by atoms with Crippen molar-refractivity contribution in [3.05, 3.63) is 77.9 Å². The minimum absolute atomic E-state index is 0.114. The van der Waals surface area contributed by atoms with E-state index in [1.165, 1.54) is 24.3 Å². The molecular formula is C30H36N6O7. The number of carbonyl (C=O) groups is 7. The molecule has 13 heteroatoms. The van der Waals surface area contributed by atoms with Crippen LogP contribution in [0.2, 0.25) is 0 Å². The van der Waals surface area contributed by atoms with Crippen LogP contribution in [0.4, 0.5) is 5.69 Å². The molecule has 0 radical (unpaired) electrons. The molecule has 0 aromatic heterocycles. The second-order valence-corrected chi connectivity index (χ2v) is 8.84. The van der Waals surface area contributed by atoms with E-state index >= 15 is 0 Å². The maximum absolute atomic E-state index is 12.7. The minimum Gasteiger partial charge on any atom is -0.355 e. The van der Waals surface area contributed by atoms with E-state index in [4.69, 9.17) is 0 Å². The van der Waals surface area contributed by atoms with E-state index in [0.29, 0.717) is 6.54 Å². The average Bonchev–Trinajstić information content (AvgIpc) is 3.36. The van der Waals surface area contributed by atoms with Crippen molar-refractivity contribution in [2.75, 3.05) is 31.1 Å². The lowest BCUT2D eigenvalue weighted by molar-refractivity contribution is -0.130. The number of imide groups is 1. The molecule has 1 unspecified atom stereocenters. The molecular weight excluding hydrogens is 556 g/mol. The zero-order valence-corrected chi connectivity index (χ0v) is 24.3. The fourth-order valence-electron chi connectivity index (χ4n) is 3.80. The molecule has 228 valence electrons. The van der Waals surface area contributed by atoms with Crippen LogP contribution < -0.4 is 31.5 Å². The molecule has 13 nitrogen and oxygen atoms in total. The highest BCUT2D eigenvalue weighted by atomic mass is 16.2. The number of amides is 7. The van der Waals surface area contributed by atoms with Crippen LogP contribution in [-0.2, 0) is 35.2 Å². The molecule has 0 saturated carbocycles. The Morgan fingerprint density at radius 2 is 1.33 bits per heavy atom. The maximum atomic E-state index is 12.7. The molecule has 0 bridgehead atoms. The third-order valence-electron chi connectivity index (χ3n) is 5.76. The lowest BCUT2D eigenvalue weighted by Crippen LogP contribution is -2.52. The molecule has 7 amide bonds. The Morgan fingerprint density at radius 3 is 1.98 bits per heavy atom. The van der Waals surface area contributed by atoms with Gasteiger partial charge in [0, 0.05) is 30.7 Å². The summed E-state index contributed by atoms with van der Waals surface area (Å²) in [4.78, 5) is 86.4. The quantitative estimate of drug-likeness (QED) is 0.202. The van der Waals surface area contributed by atoms with E-state index in [1.54, 1.807) is 31.2 Å². The number of likely N-dealkylation sites (N-methyl/N-ethyl adjacent to an activating group) is 1. The van der Waals surface area contributed by atoms with E-state index in [2.05, 4.69) is 26.6 Å². The van der Waals surface area contributed by atoms with Gasteiger partial charge in [-0.3, -0.25) is 33.6 Å². The van der Waals surface area contributed by atoms with Crippen LogP contribution in [0.25, 0.3) is 0 Å². The fourth-order valence-corrected chi connectivity index (χ4v) is 3.80. The van der Waals surface area contributed by atoms with Crippen molar-refractivity contribution in [1.82, 2.24) is 26.6 Å². The van der Waals surface area contributed by atoms with Crippen molar-refractivity contribution in [2.24, 2.45) is 0 Å². The van der Waals surface area contributed by atoms with E-state index in [1.807, 2.05) is 19.9 Å². The summed E-state index contributed by atoms with van der Waals surface area (Å²) in [7, 11) is 0. The molecule has 0 fully saturated rings. The van der Waals surface area contributed by atoms with Gasteiger partial charge >= 0.3 is 0 Å². The van der Waals surface area contributed by atoms with Gasteiger partial charge in [-0.1, -0.05) is 50.2 Å². The van der Waals surface area contributed by atoms with Gasteiger partial charge in [-0.15, -0.1) is 0 Å². The predicted molar refractivity (Wildman–Crippen MR) is 159 cm³/mol. The highest BCUT2D eigenvalue weighted by molar-refractivity contribution is 6.28. The molecule has 0 saturated heterocycles. The molecule has 43 heavy (non-hydrogen) atoms. The molecule has 0 spiro atoms. The van der Waals surface area contributed by atoms with Crippen LogP contribution in [0.3, 0.4) is 0 Å². The van der Waals surface area contributed by atoms with Crippen LogP contribution in [0, 0.1) is 0 Å². The predicted octanol–water partition coefficient (Wildman–Crippen LogP) is -0.0320. The first-order chi connectivity index (χ1) is 20.7. The van der Waals surface area contributed by atoms with Crippen LogP contribution in [-0.4, -0.2) is 73.6 Å². The summed E-state index contributed by atoms with van der Waals surface area (Å²) in [6, 6.07) is 13.7. The highest BCUT2D eigenvalue weighted by Crippen LogP contribution is 2.20. The number of nitrogens with one attached hydrogen (secondary N) is 5. The van der Waals surface area contributed by atoms with Crippen molar-refractivity contribution in [3.63, 3.8) is 0 Å². The first-order valence-electron chi connectivity index (χ1n) is 13.8. The van der Waals surface area contributed by atoms with Crippen LogP contribution in [0.15, 0.2) is 66.7 Å². The smallest absolute Gasteiger partial charge is 0.258 e. The standard InChI is InChI=1S/C28H30N6O7.C2H6/c1-2-29-22(35)15-32-28(41)21(13-18-7-4-3-5-8-18)33-24(37)17-30-23(36)16-31-27(40)19-9-6-10-20(14-19)34-25(38)11-12-26(34)39;1-2/h3-12,14,21H,2,13,15-17H2,1H3,(H,29,35)(H,30,36)(H,31,40)(H,32,41)(H,33,37);1-2H3. The summed E-state index contributed by atoms with van der Waals surface area (Å²) in [5.74, 6) is -3.96. The van der Waals surface area contributed by atoms with Crippen LogP contribution in [0.5, 0.6) is 0 Å². The summed E-state index contributed by atoms with van der Waals surface area (Å²) in [6.07, 6.45) is 2.40. The Labute approximate surface area is 249 Å². The zero-order chi connectivity index (χ0) is 31.8. The van der Waals surface area contributed by atoms with Gasteiger partial charge in [-0.25, -0.2) is 4.90 Å². The van der Waals surface area contributed by atoms with Crippen molar-refractivity contribution in [3.8, 4) is 0 Å². The fraction of sp³-hybridized carbons (Fsp3) is 0.300. The van der Waals surface area contributed by atoms with Crippen molar-refractivity contribution < 1.29 is 33.6 Å². The van der Waals surface area contributed by atoms with Gasteiger partial charge in [0.2, 0.25) is 23.6 Å². The topological polar surface area (TPSA) is 183 Å². The third kappa shape index (κ3) is 10.9. The minimum atomic E-state index is -1.01. The largest absolute Gasteiger partial charge is 0.355 e. The van der Waals surface area contributed by atoms with Crippen molar-refractivity contribution in [2.45, 2.75) is 33.2 Å². The van der Waals surface area contributed by atoms with Gasteiger partial charge in [0.15, 0.2) is 0 Å². The molecule has 2 aromatic rings. The summed E-state index contributed by atoms with van der Waals surface area (Å²) < 4.78 is 0. The molecule has 1 aliphatic rings. The molecule has 5 N–H and O–H groups in total. The number of anilines is 1. The normalized spacial score (nSPS) is 12.4. The lowest BCUT2D eigenvalue weighted by Gasteiger charge is -2.19. The van der Waals surface area contributed by atoms with Gasteiger partial charge in [0.25, 0.3) is 17.7 Å². The number of hydrogen-bond acceptors (Lipinski definition) is 7. The van der Waals surface area contributed by atoms with Crippen LogP contribution in [0.1, 0.15) is 36.7 Å². The van der Waals surface area contributed by atoms with Gasteiger partial charge < -0.3 is 26.6 Å². The van der Waals surface area contributed by atoms with Crippen molar-refractivity contribution >= 4 is 47.0 Å².